The number of hydrogen-bond acceptors (Lipinski definition) is 4. The van der Waals surface area contributed by atoms with E-state index in [-0.39, 0.29) is 11.5 Å². The number of nitrogens with zero attached hydrogens (tertiary/aromatic N) is 1. The fourth-order valence-electron chi connectivity index (χ4n) is 2.54. The van der Waals surface area contributed by atoms with Crippen LogP contribution in [0.5, 0.6) is 11.5 Å². The summed E-state index contributed by atoms with van der Waals surface area (Å²) in [6, 6.07) is 4.73. The highest BCUT2D eigenvalue weighted by molar-refractivity contribution is 5.38. The van der Waals surface area contributed by atoms with E-state index in [0.717, 1.165) is 25.1 Å². The van der Waals surface area contributed by atoms with E-state index in [0.29, 0.717) is 6.54 Å². The van der Waals surface area contributed by atoms with Gasteiger partial charge in [-0.2, -0.15) is 0 Å². The van der Waals surface area contributed by atoms with Crippen LogP contribution in [0.25, 0.3) is 0 Å². The van der Waals surface area contributed by atoms with Crippen LogP contribution in [0.1, 0.15) is 31.2 Å². The lowest BCUT2D eigenvalue weighted by molar-refractivity contribution is 0.225. The lowest BCUT2D eigenvalue weighted by Gasteiger charge is -2.26. The van der Waals surface area contributed by atoms with Crippen molar-refractivity contribution >= 4 is 0 Å². The molecule has 0 bridgehead atoms. The van der Waals surface area contributed by atoms with Gasteiger partial charge in [-0.15, -0.1) is 0 Å². The van der Waals surface area contributed by atoms with Crippen molar-refractivity contribution in [1.29, 1.82) is 0 Å². The van der Waals surface area contributed by atoms with Gasteiger partial charge in [0.1, 0.15) is 11.5 Å². The van der Waals surface area contributed by atoms with Gasteiger partial charge in [0.2, 0.25) is 0 Å². The molecule has 0 atom stereocenters. The van der Waals surface area contributed by atoms with E-state index in [1.807, 2.05) is 0 Å². The minimum atomic E-state index is 0.103. The molecule has 19 heavy (non-hydrogen) atoms. The molecular formula is C15H24N2O2. The third-order valence-electron chi connectivity index (χ3n) is 3.66. The first-order chi connectivity index (χ1) is 9.25. The molecule has 4 heteroatoms. The second-order valence-corrected chi connectivity index (χ2v) is 5.25. The highest BCUT2D eigenvalue weighted by atomic mass is 16.3. The Morgan fingerprint density at radius 2 is 1.89 bits per heavy atom. The van der Waals surface area contributed by atoms with Gasteiger partial charge in [-0.3, -0.25) is 0 Å². The van der Waals surface area contributed by atoms with Crippen LogP contribution in [0.4, 0.5) is 0 Å². The number of rotatable bonds is 6. The van der Waals surface area contributed by atoms with Crippen molar-refractivity contribution in [3.05, 3.63) is 23.8 Å². The molecule has 1 heterocycles. The first-order valence-electron chi connectivity index (χ1n) is 7.19. The summed E-state index contributed by atoms with van der Waals surface area (Å²) in [6.45, 7) is 5.26. The maximum atomic E-state index is 9.64. The zero-order chi connectivity index (χ0) is 13.5. The Morgan fingerprint density at radius 3 is 2.63 bits per heavy atom. The van der Waals surface area contributed by atoms with Crippen molar-refractivity contribution < 1.29 is 10.2 Å². The molecule has 2 rings (SSSR count). The number of phenolic OH excluding ortho intramolecular Hbond substituents is 2. The Kier molecular flexibility index (Phi) is 5.48. The topological polar surface area (TPSA) is 55.7 Å². The van der Waals surface area contributed by atoms with Crippen molar-refractivity contribution in [3.63, 3.8) is 0 Å². The van der Waals surface area contributed by atoms with E-state index in [1.54, 1.807) is 12.1 Å². The second-order valence-electron chi connectivity index (χ2n) is 5.25. The van der Waals surface area contributed by atoms with E-state index >= 15 is 0 Å². The Morgan fingerprint density at radius 1 is 1.11 bits per heavy atom. The minimum absolute atomic E-state index is 0.103. The molecule has 106 valence electrons. The second kappa shape index (κ2) is 7.36. The fourth-order valence-corrected chi connectivity index (χ4v) is 2.54. The van der Waals surface area contributed by atoms with E-state index in [4.69, 9.17) is 0 Å². The molecule has 1 aliphatic heterocycles. The predicted molar refractivity (Wildman–Crippen MR) is 76.4 cm³/mol. The van der Waals surface area contributed by atoms with Crippen LogP contribution in [0.3, 0.4) is 0 Å². The number of aromatic hydroxyl groups is 2. The first kappa shape index (κ1) is 14.2. The van der Waals surface area contributed by atoms with E-state index < -0.39 is 0 Å². The van der Waals surface area contributed by atoms with Gasteiger partial charge >= 0.3 is 0 Å². The van der Waals surface area contributed by atoms with Crippen molar-refractivity contribution in [2.24, 2.45) is 0 Å². The number of hydrogen-bond donors (Lipinski definition) is 3. The SMILES string of the molecule is Oc1ccc(CNCCCN2CCCCC2)c(O)c1. The van der Waals surface area contributed by atoms with Crippen LogP contribution in [-0.4, -0.2) is 41.3 Å². The zero-order valence-electron chi connectivity index (χ0n) is 11.4. The van der Waals surface area contributed by atoms with E-state index in [2.05, 4.69) is 10.2 Å². The Balaban J connectivity index is 1.61. The van der Waals surface area contributed by atoms with Crippen molar-refractivity contribution in [1.82, 2.24) is 10.2 Å². The molecule has 0 saturated carbocycles. The standard InChI is InChI=1S/C15H24N2O2/c18-14-6-5-13(15(19)11-14)12-16-7-4-10-17-8-2-1-3-9-17/h5-6,11,16,18-19H,1-4,7-10,12H2. The molecule has 1 saturated heterocycles. The fraction of sp³-hybridized carbons (Fsp3) is 0.600. The van der Waals surface area contributed by atoms with Gasteiger partial charge in [0.15, 0.2) is 0 Å². The Bertz CT molecular complexity index is 390. The molecule has 1 fully saturated rings. The number of benzene rings is 1. The highest BCUT2D eigenvalue weighted by Crippen LogP contribution is 2.22. The molecule has 0 spiro atoms. The molecule has 0 radical (unpaired) electrons. The monoisotopic (exact) mass is 264 g/mol. The lowest BCUT2D eigenvalue weighted by atomic mass is 10.1. The van der Waals surface area contributed by atoms with E-state index in [9.17, 15) is 10.2 Å². The molecule has 0 aromatic heterocycles. The third kappa shape index (κ3) is 4.73. The summed E-state index contributed by atoms with van der Waals surface area (Å²) in [5, 5.41) is 22.2. The smallest absolute Gasteiger partial charge is 0.123 e. The van der Waals surface area contributed by atoms with Crippen LogP contribution < -0.4 is 5.32 Å². The summed E-state index contributed by atoms with van der Waals surface area (Å²) in [5.41, 5.74) is 0.829. The quantitative estimate of drug-likeness (QED) is 0.688. The number of likely N-dealkylation sites (tertiary alicyclic amines) is 1. The molecule has 0 unspecified atom stereocenters. The summed E-state index contributed by atoms with van der Waals surface area (Å²) in [5.74, 6) is 0.259. The van der Waals surface area contributed by atoms with Gasteiger partial charge < -0.3 is 20.4 Å². The zero-order valence-corrected chi connectivity index (χ0v) is 11.4. The lowest BCUT2D eigenvalue weighted by Crippen LogP contribution is -2.32. The average molecular weight is 264 g/mol. The number of phenols is 2. The van der Waals surface area contributed by atoms with Gasteiger partial charge in [0, 0.05) is 18.2 Å². The summed E-state index contributed by atoms with van der Waals surface area (Å²) >= 11 is 0. The summed E-state index contributed by atoms with van der Waals surface area (Å²) in [7, 11) is 0. The maximum absolute atomic E-state index is 9.64. The van der Waals surface area contributed by atoms with E-state index in [1.165, 1.54) is 38.4 Å². The largest absolute Gasteiger partial charge is 0.508 e. The van der Waals surface area contributed by atoms with Crippen LogP contribution >= 0.6 is 0 Å². The number of piperidine rings is 1. The van der Waals surface area contributed by atoms with Gasteiger partial charge in [-0.1, -0.05) is 12.5 Å². The molecule has 1 aromatic carbocycles. The van der Waals surface area contributed by atoms with Gasteiger partial charge in [0.25, 0.3) is 0 Å². The molecule has 1 aliphatic rings. The van der Waals surface area contributed by atoms with Crippen molar-refractivity contribution in [3.8, 4) is 11.5 Å². The average Bonchev–Trinajstić information content (AvgIpc) is 2.42. The summed E-state index contributed by atoms with van der Waals surface area (Å²) in [6.07, 6.45) is 5.21. The van der Waals surface area contributed by atoms with Gasteiger partial charge in [0.05, 0.1) is 0 Å². The van der Waals surface area contributed by atoms with Crippen LogP contribution in [0.2, 0.25) is 0 Å². The summed E-state index contributed by atoms with van der Waals surface area (Å²) < 4.78 is 0. The molecule has 0 amide bonds. The Hall–Kier alpha value is -1.26. The third-order valence-corrected chi connectivity index (χ3v) is 3.66. The number of nitrogens with one attached hydrogen (secondary N) is 1. The molecular weight excluding hydrogens is 240 g/mol. The molecule has 0 aliphatic carbocycles. The van der Waals surface area contributed by atoms with Crippen LogP contribution in [0.15, 0.2) is 18.2 Å². The van der Waals surface area contributed by atoms with Crippen LogP contribution in [0, 0.1) is 0 Å². The summed E-state index contributed by atoms with van der Waals surface area (Å²) in [4.78, 5) is 2.53. The van der Waals surface area contributed by atoms with Crippen molar-refractivity contribution in [2.75, 3.05) is 26.2 Å². The normalized spacial score (nSPS) is 16.6. The molecule has 3 N–H and O–H groups in total. The highest BCUT2D eigenvalue weighted by Gasteiger charge is 2.08. The maximum Gasteiger partial charge on any atom is 0.123 e. The first-order valence-corrected chi connectivity index (χ1v) is 7.19. The van der Waals surface area contributed by atoms with Crippen molar-refractivity contribution in [2.45, 2.75) is 32.2 Å². The van der Waals surface area contributed by atoms with Crippen LogP contribution in [-0.2, 0) is 6.54 Å². The minimum Gasteiger partial charge on any atom is -0.508 e. The predicted octanol–water partition coefficient (Wildman–Crippen LogP) is 2.06. The van der Waals surface area contributed by atoms with Gasteiger partial charge in [-0.25, -0.2) is 0 Å². The van der Waals surface area contributed by atoms with Gasteiger partial charge in [-0.05, 0) is 51.5 Å². The Labute approximate surface area is 115 Å². The molecule has 4 nitrogen and oxygen atoms in total. The molecule has 1 aromatic rings.